The van der Waals surface area contributed by atoms with Crippen molar-refractivity contribution in [3.8, 4) is 5.69 Å². The standard InChI is InChI=1S/C23H18F2N4O6Se/c24-23(25)18(31)15(11-30)35-21(23)28-9-8-17(27-22(28)34)26-19(32)12-4-3-5-13(10-12)29-20(33)14-6-1-2-7-16(14)36-29/h1-10,15,18,21,30-31H,11H2,(H,26,27,32,34). The number of benzene rings is 2. The van der Waals surface area contributed by atoms with Crippen LogP contribution in [0.15, 0.2) is 70.4 Å². The molecule has 2 aromatic heterocycles. The van der Waals surface area contributed by atoms with E-state index in [4.69, 9.17) is 9.84 Å². The molecule has 0 spiro atoms. The number of carbonyl (C=O) groups is 1. The number of hydrogen-bond acceptors (Lipinski definition) is 7. The van der Waals surface area contributed by atoms with Crippen LogP contribution in [0.2, 0.25) is 0 Å². The van der Waals surface area contributed by atoms with Crippen LogP contribution >= 0.6 is 0 Å². The first-order chi connectivity index (χ1) is 17.2. The van der Waals surface area contributed by atoms with Crippen molar-refractivity contribution in [2.45, 2.75) is 24.4 Å². The molecule has 1 aliphatic rings. The van der Waals surface area contributed by atoms with Gasteiger partial charge in [0.1, 0.15) is 6.10 Å². The second-order valence-electron chi connectivity index (χ2n) is 8.02. The number of rotatable bonds is 5. The van der Waals surface area contributed by atoms with Gasteiger partial charge in [-0.15, -0.1) is 0 Å². The molecule has 0 bridgehead atoms. The molecule has 0 radical (unpaired) electrons. The first-order valence-electron chi connectivity index (χ1n) is 10.6. The van der Waals surface area contributed by atoms with Crippen molar-refractivity contribution in [3.63, 3.8) is 0 Å². The van der Waals surface area contributed by atoms with Crippen molar-refractivity contribution in [1.82, 2.24) is 13.1 Å². The van der Waals surface area contributed by atoms with E-state index in [1.165, 1.54) is 12.1 Å². The minimum atomic E-state index is -3.85. The first-order valence-corrected chi connectivity index (χ1v) is 12.3. The molecule has 3 unspecified atom stereocenters. The Kier molecular flexibility index (Phi) is 6.18. The minimum absolute atomic E-state index is 0.159. The quantitative estimate of drug-likeness (QED) is 0.305. The third-order valence-electron chi connectivity index (χ3n) is 5.72. The van der Waals surface area contributed by atoms with E-state index in [1.807, 2.05) is 12.1 Å². The summed E-state index contributed by atoms with van der Waals surface area (Å²) in [6, 6.07) is 14.8. The number of aliphatic hydroxyl groups is 2. The molecule has 1 fully saturated rings. The Morgan fingerprint density at radius 2 is 1.94 bits per heavy atom. The molecule has 0 aliphatic carbocycles. The molecule has 2 aromatic carbocycles. The Morgan fingerprint density at radius 3 is 2.64 bits per heavy atom. The van der Waals surface area contributed by atoms with Crippen LogP contribution in [-0.2, 0) is 4.74 Å². The third-order valence-corrected chi connectivity index (χ3v) is 8.05. The fourth-order valence-electron chi connectivity index (χ4n) is 3.88. The zero-order valence-corrected chi connectivity index (χ0v) is 20.0. The van der Waals surface area contributed by atoms with Crippen LogP contribution < -0.4 is 16.6 Å². The summed E-state index contributed by atoms with van der Waals surface area (Å²) in [5.74, 6) is -4.67. The van der Waals surface area contributed by atoms with Crippen LogP contribution in [0, 0.1) is 0 Å². The summed E-state index contributed by atoms with van der Waals surface area (Å²) in [4.78, 5) is 41.6. The van der Waals surface area contributed by atoms with Crippen LogP contribution in [0.25, 0.3) is 15.3 Å². The fourth-order valence-corrected chi connectivity index (χ4v) is 5.96. The van der Waals surface area contributed by atoms with E-state index in [0.29, 0.717) is 15.6 Å². The Hall–Kier alpha value is -3.48. The molecule has 1 saturated heterocycles. The van der Waals surface area contributed by atoms with Crippen LogP contribution in [0.4, 0.5) is 14.6 Å². The van der Waals surface area contributed by atoms with E-state index in [0.717, 1.165) is 16.5 Å². The number of ether oxygens (including phenoxy) is 1. The van der Waals surface area contributed by atoms with E-state index in [9.17, 15) is 28.3 Å². The van der Waals surface area contributed by atoms with Gasteiger partial charge in [0.05, 0.1) is 6.61 Å². The zero-order chi connectivity index (χ0) is 25.6. The van der Waals surface area contributed by atoms with Crippen LogP contribution in [0.5, 0.6) is 0 Å². The van der Waals surface area contributed by atoms with Gasteiger partial charge in [-0.2, -0.15) is 8.78 Å². The van der Waals surface area contributed by atoms with E-state index in [-0.39, 0.29) is 31.7 Å². The van der Waals surface area contributed by atoms with Gasteiger partial charge in [-0.25, -0.2) is 0 Å². The normalized spacial score (nSPS) is 21.1. The molecule has 1 amide bonds. The molecule has 10 nitrogen and oxygen atoms in total. The number of anilines is 1. The summed E-state index contributed by atoms with van der Waals surface area (Å²) >= 11 is -0.290. The SMILES string of the molecule is O=C(Nc1ccn(C2OC(CO)C(O)C2(F)F)c(=O)n1)c1cccc(-n2[se]c3ccccc3c2=O)c1. The predicted octanol–water partition coefficient (Wildman–Crippen LogP) is 0.743. The topological polar surface area (TPSA) is 136 Å². The number of halogens is 2. The summed E-state index contributed by atoms with van der Waals surface area (Å²) in [6.07, 6.45) is -5.09. The third kappa shape index (κ3) is 4.10. The van der Waals surface area contributed by atoms with E-state index in [2.05, 4.69) is 10.3 Å². The van der Waals surface area contributed by atoms with Gasteiger partial charge in [0, 0.05) is 0 Å². The first kappa shape index (κ1) is 24.2. The van der Waals surface area contributed by atoms with Gasteiger partial charge in [-0.05, 0) is 0 Å². The zero-order valence-electron chi connectivity index (χ0n) is 18.2. The molecular formula is C23H18F2N4O6Se. The Bertz CT molecular complexity index is 1580. The van der Waals surface area contributed by atoms with Gasteiger partial charge in [0.2, 0.25) is 0 Å². The molecule has 5 rings (SSSR count). The number of aromatic nitrogens is 3. The molecule has 3 atom stereocenters. The predicted molar refractivity (Wildman–Crippen MR) is 125 cm³/mol. The number of amides is 1. The van der Waals surface area contributed by atoms with Crippen molar-refractivity contribution in [2.24, 2.45) is 0 Å². The van der Waals surface area contributed by atoms with E-state index < -0.39 is 42.6 Å². The number of aliphatic hydroxyl groups excluding tert-OH is 2. The van der Waals surface area contributed by atoms with Crippen LogP contribution in [0.1, 0.15) is 16.6 Å². The maximum atomic E-state index is 14.3. The summed E-state index contributed by atoms with van der Waals surface area (Å²) in [7, 11) is 0. The van der Waals surface area contributed by atoms with Crippen molar-refractivity contribution in [1.29, 1.82) is 0 Å². The summed E-state index contributed by atoms with van der Waals surface area (Å²) in [5.41, 5.74) is -0.587. The summed E-state index contributed by atoms with van der Waals surface area (Å²) in [6.45, 7) is -0.862. The molecule has 3 heterocycles. The fraction of sp³-hybridized carbons (Fsp3) is 0.217. The van der Waals surface area contributed by atoms with Crippen molar-refractivity contribution in [3.05, 3.63) is 87.2 Å². The number of carbonyl (C=O) groups excluding carboxylic acids is 1. The molecule has 3 N–H and O–H groups in total. The number of alkyl halides is 2. The van der Waals surface area contributed by atoms with Crippen molar-refractivity contribution in [2.75, 3.05) is 11.9 Å². The molecule has 186 valence electrons. The number of nitrogens with one attached hydrogen (secondary N) is 1. The molecular weight excluding hydrogens is 545 g/mol. The second-order valence-corrected chi connectivity index (χ2v) is 10.1. The van der Waals surface area contributed by atoms with Gasteiger partial charge in [0.15, 0.2) is 6.10 Å². The van der Waals surface area contributed by atoms with E-state index >= 15 is 0 Å². The average molecular weight is 563 g/mol. The molecule has 36 heavy (non-hydrogen) atoms. The number of nitrogens with zero attached hydrogens (tertiary/aromatic N) is 3. The maximum absolute atomic E-state index is 14.3. The Balaban J connectivity index is 1.38. The van der Waals surface area contributed by atoms with Crippen LogP contribution in [0.3, 0.4) is 0 Å². The summed E-state index contributed by atoms with van der Waals surface area (Å²) in [5, 5.41) is 21.8. The van der Waals surface area contributed by atoms with Gasteiger partial charge >= 0.3 is 169 Å². The van der Waals surface area contributed by atoms with Crippen molar-refractivity contribution < 1.29 is 28.5 Å². The van der Waals surface area contributed by atoms with Crippen molar-refractivity contribution >= 4 is 36.1 Å². The van der Waals surface area contributed by atoms with E-state index in [1.54, 1.807) is 27.8 Å². The Morgan fingerprint density at radius 1 is 1.17 bits per heavy atom. The van der Waals surface area contributed by atoms with Gasteiger partial charge in [-0.3, -0.25) is 0 Å². The molecule has 0 saturated carbocycles. The van der Waals surface area contributed by atoms with Gasteiger partial charge in [0.25, 0.3) is 0 Å². The number of fused-ring (bicyclic) bond motifs is 1. The van der Waals surface area contributed by atoms with Gasteiger partial charge in [-0.1, -0.05) is 0 Å². The molecule has 13 heteroatoms. The number of hydrogen-bond donors (Lipinski definition) is 3. The Labute approximate surface area is 207 Å². The molecule has 1 aliphatic heterocycles. The second kappa shape index (κ2) is 9.19. The average Bonchev–Trinajstić information content (AvgIpc) is 3.32. The molecule has 4 aromatic rings. The monoisotopic (exact) mass is 564 g/mol. The van der Waals surface area contributed by atoms with Gasteiger partial charge < -0.3 is 10.2 Å². The summed E-state index contributed by atoms with van der Waals surface area (Å²) < 4.78 is 36.7. The van der Waals surface area contributed by atoms with Crippen LogP contribution in [-0.4, -0.2) is 68.7 Å².